The number of ether oxygens (including phenoxy) is 3. The third kappa shape index (κ3) is 5.18. The molecule has 0 bridgehead atoms. The third-order valence-electron chi connectivity index (χ3n) is 4.62. The molecule has 0 radical (unpaired) electrons. The molecule has 0 saturated carbocycles. The summed E-state index contributed by atoms with van der Waals surface area (Å²) < 4.78 is 17.3. The first-order valence-corrected chi connectivity index (χ1v) is 8.84. The van der Waals surface area contributed by atoms with Crippen molar-refractivity contribution < 1.29 is 23.8 Å². The molecule has 6 heteroatoms. The molecule has 0 aromatic rings. The van der Waals surface area contributed by atoms with E-state index in [0.29, 0.717) is 32.0 Å². The molecule has 138 valence electrons. The largest absolute Gasteiger partial charge is 0.444 e. The van der Waals surface area contributed by atoms with E-state index in [2.05, 4.69) is 0 Å². The Morgan fingerprint density at radius 2 is 2.08 bits per heavy atom. The Hall–Kier alpha value is -1.14. The van der Waals surface area contributed by atoms with Crippen molar-refractivity contribution in [2.45, 2.75) is 71.4 Å². The first kappa shape index (κ1) is 19.2. The molecule has 2 heterocycles. The highest BCUT2D eigenvalue weighted by Crippen LogP contribution is 2.36. The van der Waals surface area contributed by atoms with Gasteiger partial charge in [0.1, 0.15) is 11.9 Å². The number of rotatable bonds is 4. The number of amides is 1. The van der Waals surface area contributed by atoms with Crippen molar-refractivity contribution in [1.82, 2.24) is 4.90 Å². The van der Waals surface area contributed by atoms with E-state index in [0.717, 1.165) is 19.1 Å². The average Bonchev–Trinajstić information content (AvgIpc) is 2.83. The van der Waals surface area contributed by atoms with E-state index in [1.54, 1.807) is 4.90 Å². The van der Waals surface area contributed by atoms with Crippen LogP contribution in [0, 0.1) is 11.8 Å². The molecule has 6 nitrogen and oxygen atoms in total. The lowest BCUT2D eigenvalue weighted by atomic mass is 9.79. The molecule has 0 aromatic carbocycles. The minimum absolute atomic E-state index is 0.0538. The van der Waals surface area contributed by atoms with Crippen molar-refractivity contribution in [1.29, 1.82) is 0 Å². The van der Waals surface area contributed by atoms with Gasteiger partial charge in [-0.1, -0.05) is 0 Å². The summed E-state index contributed by atoms with van der Waals surface area (Å²) in [6.07, 6.45) is 2.87. The Bertz CT molecular complexity index is 457. The zero-order valence-corrected chi connectivity index (χ0v) is 15.5. The van der Waals surface area contributed by atoms with Crippen LogP contribution in [0.3, 0.4) is 0 Å². The second-order valence-corrected chi connectivity index (χ2v) is 8.25. The molecule has 0 N–H and O–H groups in total. The monoisotopic (exact) mass is 341 g/mol. The second-order valence-electron chi connectivity index (χ2n) is 8.25. The van der Waals surface area contributed by atoms with Gasteiger partial charge in [0.2, 0.25) is 0 Å². The van der Waals surface area contributed by atoms with E-state index in [1.807, 2.05) is 34.6 Å². The van der Waals surface area contributed by atoms with Crippen molar-refractivity contribution in [3.05, 3.63) is 0 Å². The summed E-state index contributed by atoms with van der Waals surface area (Å²) in [5.41, 5.74) is -0.504. The van der Waals surface area contributed by atoms with Crippen molar-refractivity contribution in [2.75, 3.05) is 19.7 Å². The van der Waals surface area contributed by atoms with Crippen molar-refractivity contribution >= 4 is 12.4 Å². The third-order valence-corrected chi connectivity index (χ3v) is 4.62. The lowest BCUT2D eigenvalue weighted by Gasteiger charge is -2.41. The summed E-state index contributed by atoms with van der Waals surface area (Å²) in [6.45, 7) is 11.2. The van der Waals surface area contributed by atoms with E-state index in [9.17, 15) is 9.59 Å². The molecule has 2 fully saturated rings. The Kier molecular flexibility index (Phi) is 5.91. The minimum atomic E-state index is -0.589. The maximum Gasteiger partial charge on any atom is 0.410 e. The molecule has 24 heavy (non-hydrogen) atoms. The van der Waals surface area contributed by atoms with E-state index < -0.39 is 11.4 Å². The average molecular weight is 341 g/mol. The maximum atomic E-state index is 12.4. The molecule has 0 aliphatic carbocycles. The van der Waals surface area contributed by atoms with Crippen LogP contribution in [0.15, 0.2) is 0 Å². The summed E-state index contributed by atoms with van der Waals surface area (Å²) >= 11 is 0. The predicted octanol–water partition coefficient (Wildman–Crippen LogP) is 2.99. The van der Waals surface area contributed by atoms with Crippen LogP contribution in [0.1, 0.15) is 53.9 Å². The van der Waals surface area contributed by atoms with Gasteiger partial charge in [0, 0.05) is 25.4 Å². The van der Waals surface area contributed by atoms with Crippen LogP contribution in [0.2, 0.25) is 0 Å². The summed E-state index contributed by atoms with van der Waals surface area (Å²) in [6, 6.07) is 0. The van der Waals surface area contributed by atoms with Gasteiger partial charge in [-0.15, -0.1) is 0 Å². The van der Waals surface area contributed by atoms with Crippen molar-refractivity contribution in [3.8, 4) is 0 Å². The van der Waals surface area contributed by atoms with Gasteiger partial charge >= 0.3 is 6.09 Å². The lowest BCUT2D eigenvalue weighted by molar-refractivity contribution is -0.150. The fourth-order valence-electron chi connectivity index (χ4n) is 3.51. The lowest BCUT2D eigenvalue weighted by Crippen LogP contribution is -2.49. The number of carbonyl (C=O) groups excluding carboxylic acids is 2. The van der Waals surface area contributed by atoms with Crippen LogP contribution < -0.4 is 0 Å². The number of likely N-dealkylation sites (tertiary alicyclic amines) is 1. The van der Waals surface area contributed by atoms with Crippen LogP contribution in [-0.4, -0.2) is 54.5 Å². The Balaban J connectivity index is 2.05. The van der Waals surface area contributed by atoms with Crippen LogP contribution in [0.25, 0.3) is 0 Å². The molecular formula is C18H31NO5. The van der Waals surface area contributed by atoms with Crippen LogP contribution in [0.5, 0.6) is 0 Å². The number of hydrogen-bond acceptors (Lipinski definition) is 5. The minimum Gasteiger partial charge on any atom is -0.444 e. The van der Waals surface area contributed by atoms with E-state index in [4.69, 9.17) is 14.2 Å². The Morgan fingerprint density at radius 1 is 1.38 bits per heavy atom. The molecular weight excluding hydrogens is 310 g/mol. The molecule has 2 aliphatic rings. The van der Waals surface area contributed by atoms with Gasteiger partial charge in [0.05, 0.1) is 12.7 Å². The van der Waals surface area contributed by atoms with Crippen molar-refractivity contribution in [3.63, 3.8) is 0 Å². The standard InChI is InChI=1S/C18H31NO5/c1-17(2,3)24-16(21)19-9-8-13(7-6-10-20)14(11-19)15-12-22-18(4,5)23-15/h10,13-15H,6-9,11-12H2,1-5H3/t13-,14+,15?/m1/s1. The summed E-state index contributed by atoms with van der Waals surface area (Å²) in [5, 5.41) is 0. The van der Waals surface area contributed by atoms with Crippen LogP contribution >= 0.6 is 0 Å². The van der Waals surface area contributed by atoms with Crippen molar-refractivity contribution in [2.24, 2.45) is 11.8 Å². The SMILES string of the molecule is CC(C)(C)OC(=O)N1CC[C@@H](CCC=O)[C@@H](C2COC(C)(C)O2)C1. The van der Waals surface area contributed by atoms with E-state index in [-0.39, 0.29) is 18.1 Å². The number of nitrogens with zero attached hydrogens (tertiary/aromatic N) is 1. The van der Waals surface area contributed by atoms with Crippen LogP contribution in [0.4, 0.5) is 4.79 Å². The van der Waals surface area contributed by atoms with Crippen LogP contribution in [-0.2, 0) is 19.0 Å². The maximum absolute atomic E-state index is 12.4. The zero-order valence-electron chi connectivity index (χ0n) is 15.5. The number of aldehydes is 1. The van der Waals surface area contributed by atoms with E-state index in [1.165, 1.54) is 0 Å². The van der Waals surface area contributed by atoms with Gasteiger partial charge in [-0.05, 0) is 53.4 Å². The van der Waals surface area contributed by atoms with Gasteiger partial charge in [-0.25, -0.2) is 4.79 Å². The zero-order chi connectivity index (χ0) is 18.0. The molecule has 3 atom stereocenters. The first-order valence-electron chi connectivity index (χ1n) is 8.84. The highest BCUT2D eigenvalue weighted by atomic mass is 16.7. The molecule has 2 rings (SSSR count). The number of piperidine rings is 1. The number of hydrogen-bond donors (Lipinski definition) is 0. The molecule has 1 unspecified atom stereocenters. The molecule has 0 spiro atoms. The predicted molar refractivity (Wildman–Crippen MR) is 89.6 cm³/mol. The fraction of sp³-hybridized carbons (Fsp3) is 0.889. The fourth-order valence-corrected chi connectivity index (χ4v) is 3.51. The highest BCUT2D eigenvalue weighted by Gasteiger charge is 2.43. The quantitative estimate of drug-likeness (QED) is 0.736. The van der Waals surface area contributed by atoms with Gasteiger partial charge in [-0.2, -0.15) is 0 Å². The molecule has 1 amide bonds. The highest BCUT2D eigenvalue weighted by molar-refractivity contribution is 5.68. The topological polar surface area (TPSA) is 65.1 Å². The van der Waals surface area contributed by atoms with E-state index >= 15 is 0 Å². The Morgan fingerprint density at radius 3 is 2.62 bits per heavy atom. The normalized spacial score (nSPS) is 30.2. The second kappa shape index (κ2) is 7.40. The smallest absolute Gasteiger partial charge is 0.410 e. The first-order chi connectivity index (χ1) is 11.1. The van der Waals surface area contributed by atoms with Gasteiger partial charge in [0.15, 0.2) is 5.79 Å². The van der Waals surface area contributed by atoms with Gasteiger partial charge in [-0.3, -0.25) is 0 Å². The molecule has 0 aromatic heterocycles. The molecule has 2 aliphatic heterocycles. The summed E-state index contributed by atoms with van der Waals surface area (Å²) in [5.74, 6) is -0.0713. The van der Waals surface area contributed by atoms with Gasteiger partial charge in [0.25, 0.3) is 0 Å². The molecule has 2 saturated heterocycles. The Labute approximate surface area is 144 Å². The summed E-state index contributed by atoms with van der Waals surface area (Å²) in [7, 11) is 0. The number of carbonyl (C=O) groups is 2. The van der Waals surface area contributed by atoms with Gasteiger partial charge < -0.3 is 23.9 Å². The summed E-state index contributed by atoms with van der Waals surface area (Å²) in [4.78, 5) is 24.9.